The van der Waals surface area contributed by atoms with Crippen LogP contribution in [0.4, 0.5) is 0 Å². The zero-order valence-corrected chi connectivity index (χ0v) is 15.5. The Kier molecular flexibility index (Phi) is 4.45. The normalized spacial score (nSPS) is 33.0. The van der Waals surface area contributed by atoms with Crippen LogP contribution in [0.1, 0.15) is 43.3 Å². The topological polar surface area (TPSA) is 17.1 Å². The van der Waals surface area contributed by atoms with Crippen LogP contribution < -0.4 is 5.30 Å². The Labute approximate surface area is 149 Å². The van der Waals surface area contributed by atoms with Crippen molar-refractivity contribution in [2.45, 2.75) is 43.4 Å². The number of rotatable bonds is 2. The second kappa shape index (κ2) is 6.58. The molecule has 1 saturated heterocycles. The second-order valence-electron chi connectivity index (χ2n) is 7.14. The lowest BCUT2D eigenvalue weighted by molar-refractivity contribution is -0.120. The molecule has 1 aliphatic heterocycles. The average molecular weight is 354 g/mol. The van der Waals surface area contributed by atoms with Crippen molar-refractivity contribution < 1.29 is 4.79 Å². The first kappa shape index (κ1) is 16.2. The maximum Gasteiger partial charge on any atom is 0.146 e. The van der Waals surface area contributed by atoms with Crippen molar-refractivity contribution >= 4 is 28.9 Å². The van der Waals surface area contributed by atoms with Gasteiger partial charge in [0.1, 0.15) is 5.78 Å². The Balaban J connectivity index is 1.90. The highest BCUT2D eigenvalue weighted by atomic mass is 32.4. The van der Waals surface area contributed by atoms with Crippen LogP contribution in [0, 0.1) is 5.92 Å². The molecule has 4 rings (SSSR count). The van der Waals surface area contributed by atoms with E-state index in [1.54, 1.807) is 0 Å². The quantitative estimate of drug-likeness (QED) is 0.701. The molecule has 2 aromatic carbocycles. The van der Waals surface area contributed by atoms with E-state index < -0.39 is 6.04 Å². The molecule has 2 aliphatic rings. The fraction of sp³-hybridized carbons (Fsp3) is 0.381. The number of ketones is 1. The van der Waals surface area contributed by atoms with Gasteiger partial charge in [0, 0.05) is 12.5 Å². The fourth-order valence-electron chi connectivity index (χ4n) is 4.75. The summed E-state index contributed by atoms with van der Waals surface area (Å²) in [4.78, 5) is 13.2. The van der Waals surface area contributed by atoms with Crippen molar-refractivity contribution in [2.24, 2.45) is 5.92 Å². The van der Waals surface area contributed by atoms with Crippen LogP contribution in [0.15, 0.2) is 60.7 Å². The number of hydrogen-bond donors (Lipinski definition) is 0. The lowest BCUT2D eigenvalue weighted by Gasteiger charge is -2.48. The summed E-state index contributed by atoms with van der Waals surface area (Å²) in [5.74, 6) is 0.897. The molecule has 4 atom stereocenters. The molecule has 0 radical (unpaired) electrons. The summed E-state index contributed by atoms with van der Waals surface area (Å²) >= 11 is 6.49. The highest BCUT2D eigenvalue weighted by molar-refractivity contribution is 8.19. The van der Waals surface area contributed by atoms with E-state index in [0.29, 0.717) is 17.4 Å². The Hall–Kier alpha value is -1.24. The molecule has 24 heavy (non-hydrogen) atoms. The molecule has 0 amide bonds. The summed E-state index contributed by atoms with van der Waals surface area (Å²) in [5.41, 5.74) is 1.58. The lowest BCUT2D eigenvalue weighted by Crippen LogP contribution is -2.39. The Bertz CT molecular complexity index is 771. The SMILES string of the molecule is O=C1CC2CCCCC2P(=S)(c2ccccc2)C1c1ccccc1. The van der Waals surface area contributed by atoms with Gasteiger partial charge in [0.2, 0.25) is 0 Å². The van der Waals surface area contributed by atoms with Gasteiger partial charge >= 0.3 is 0 Å². The van der Waals surface area contributed by atoms with Crippen molar-refractivity contribution in [1.82, 2.24) is 0 Å². The monoisotopic (exact) mass is 354 g/mol. The third kappa shape index (κ3) is 2.61. The number of carbonyl (C=O) groups is 1. The summed E-state index contributed by atoms with van der Waals surface area (Å²) in [6.07, 6.45) is 5.64. The van der Waals surface area contributed by atoms with E-state index in [9.17, 15) is 4.79 Å². The van der Waals surface area contributed by atoms with Crippen molar-refractivity contribution in [3.8, 4) is 0 Å². The van der Waals surface area contributed by atoms with Crippen molar-refractivity contribution in [3.63, 3.8) is 0 Å². The molecule has 2 fully saturated rings. The van der Waals surface area contributed by atoms with Crippen LogP contribution in [-0.2, 0) is 16.6 Å². The Morgan fingerprint density at radius 3 is 2.21 bits per heavy atom. The minimum Gasteiger partial charge on any atom is -0.299 e. The maximum atomic E-state index is 13.2. The molecule has 124 valence electrons. The van der Waals surface area contributed by atoms with Crippen LogP contribution in [0.5, 0.6) is 0 Å². The molecule has 1 aliphatic carbocycles. The zero-order valence-electron chi connectivity index (χ0n) is 13.8. The largest absolute Gasteiger partial charge is 0.299 e. The number of fused-ring (bicyclic) bond motifs is 1. The number of benzene rings is 2. The first-order valence-corrected chi connectivity index (χ1v) is 11.9. The second-order valence-corrected chi connectivity index (χ2v) is 12.1. The summed E-state index contributed by atoms with van der Waals surface area (Å²) in [5, 5.41) is 1.26. The molecule has 0 bridgehead atoms. The van der Waals surface area contributed by atoms with Gasteiger partial charge in [-0.25, -0.2) is 0 Å². The van der Waals surface area contributed by atoms with Crippen molar-refractivity contribution in [3.05, 3.63) is 66.2 Å². The van der Waals surface area contributed by atoms with Crippen LogP contribution >= 0.6 is 6.04 Å². The van der Waals surface area contributed by atoms with Crippen LogP contribution in [0.2, 0.25) is 0 Å². The zero-order chi connectivity index (χ0) is 16.6. The van der Waals surface area contributed by atoms with Gasteiger partial charge in [-0.15, -0.1) is 0 Å². The summed E-state index contributed by atoms with van der Waals surface area (Å²) < 4.78 is 0. The Morgan fingerprint density at radius 2 is 1.50 bits per heavy atom. The van der Waals surface area contributed by atoms with Crippen molar-refractivity contribution in [2.75, 3.05) is 0 Å². The molecule has 0 aromatic heterocycles. The average Bonchev–Trinajstić information content (AvgIpc) is 2.63. The number of Topliss-reactive ketones (excluding diaryl/α,β-unsaturated/α-hetero) is 1. The van der Waals surface area contributed by atoms with Gasteiger partial charge in [-0.3, -0.25) is 4.79 Å². The van der Waals surface area contributed by atoms with Crippen LogP contribution in [-0.4, -0.2) is 11.4 Å². The minimum absolute atomic E-state index is 0.0875. The van der Waals surface area contributed by atoms with Crippen LogP contribution in [0.25, 0.3) is 0 Å². The van der Waals surface area contributed by atoms with E-state index in [2.05, 4.69) is 36.4 Å². The predicted molar refractivity (Wildman–Crippen MR) is 105 cm³/mol. The van der Waals surface area contributed by atoms with Gasteiger partial charge in [0.25, 0.3) is 0 Å². The van der Waals surface area contributed by atoms with Gasteiger partial charge in [-0.2, -0.15) is 0 Å². The molecule has 1 saturated carbocycles. The molecule has 1 nitrogen and oxygen atoms in total. The van der Waals surface area contributed by atoms with Gasteiger partial charge in [0.05, 0.1) is 5.66 Å². The molecular weight excluding hydrogens is 331 g/mol. The fourth-order valence-corrected chi connectivity index (χ4v) is 11.0. The third-order valence-corrected chi connectivity index (χ3v) is 12.0. The summed E-state index contributed by atoms with van der Waals surface area (Å²) in [7, 11) is 0. The molecular formula is C21H23OPS. The van der Waals surface area contributed by atoms with Crippen molar-refractivity contribution in [1.29, 1.82) is 0 Å². The highest BCUT2D eigenvalue weighted by Gasteiger charge is 2.50. The van der Waals surface area contributed by atoms with Gasteiger partial charge in [0.15, 0.2) is 0 Å². The van der Waals surface area contributed by atoms with Crippen LogP contribution in [0.3, 0.4) is 0 Å². The summed E-state index contributed by atoms with van der Waals surface area (Å²) in [6.45, 7) is 0. The standard InChI is InChI=1S/C21H23OPS/c22-19-15-17-11-7-8-14-20(17)23(24,18-12-5-2-6-13-18)21(19)16-9-3-1-4-10-16/h1-6,9-10,12-13,17,20-21H,7-8,11,14-15H2. The van der Waals surface area contributed by atoms with E-state index >= 15 is 0 Å². The van der Waals surface area contributed by atoms with E-state index in [1.807, 2.05) is 24.3 Å². The summed E-state index contributed by atoms with van der Waals surface area (Å²) in [6, 6.07) is 18.9. The van der Waals surface area contributed by atoms with E-state index in [1.165, 1.54) is 31.0 Å². The maximum absolute atomic E-state index is 13.2. The minimum atomic E-state index is -2.00. The molecule has 0 spiro atoms. The molecule has 3 heteroatoms. The van der Waals surface area contributed by atoms with E-state index in [4.69, 9.17) is 11.8 Å². The first-order chi connectivity index (χ1) is 11.7. The van der Waals surface area contributed by atoms with Gasteiger partial charge in [-0.05, 0) is 35.3 Å². The number of carbonyl (C=O) groups excluding carboxylic acids is 1. The van der Waals surface area contributed by atoms with Gasteiger partial charge in [-0.1, -0.05) is 85.3 Å². The molecule has 0 N–H and O–H groups in total. The predicted octanol–water partition coefficient (Wildman–Crippen LogP) is 5.06. The van der Waals surface area contributed by atoms with E-state index in [-0.39, 0.29) is 5.66 Å². The van der Waals surface area contributed by atoms with E-state index in [0.717, 1.165) is 12.0 Å². The molecule has 2 aromatic rings. The highest BCUT2D eigenvalue weighted by Crippen LogP contribution is 2.69. The Morgan fingerprint density at radius 1 is 0.875 bits per heavy atom. The molecule has 1 heterocycles. The van der Waals surface area contributed by atoms with Gasteiger partial charge < -0.3 is 0 Å². The first-order valence-electron chi connectivity index (χ1n) is 8.94. The third-order valence-electron chi connectivity index (χ3n) is 5.79. The lowest BCUT2D eigenvalue weighted by atomic mass is 9.83. The smallest absolute Gasteiger partial charge is 0.146 e. The number of hydrogen-bond acceptors (Lipinski definition) is 2. The molecule has 4 unspecified atom stereocenters.